The Morgan fingerprint density at radius 1 is 1.18 bits per heavy atom. The highest BCUT2D eigenvalue weighted by atomic mass is 35.5. The Kier molecular flexibility index (Phi) is 11.2. The molecule has 1 fully saturated rings. The fraction of sp³-hybridized carbons (Fsp3) is 0.577. The molecule has 1 aliphatic rings. The molecule has 214 valence electrons. The molecule has 0 bridgehead atoms. The molecular weight excluding hydrogens is 546 g/mol. The van der Waals surface area contributed by atoms with Crippen molar-refractivity contribution in [1.82, 2.24) is 25.2 Å². The number of aromatic nitrogens is 3. The number of ether oxygens (including phenoxy) is 4. The highest BCUT2D eigenvalue weighted by Gasteiger charge is 2.23. The van der Waals surface area contributed by atoms with E-state index in [0.29, 0.717) is 54.8 Å². The van der Waals surface area contributed by atoms with Gasteiger partial charge in [0.25, 0.3) is 0 Å². The van der Waals surface area contributed by atoms with Crippen LogP contribution >= 0.6 is 22.9 Å². The van der Waals surface area contributed by atoms with Crippen molar-refractivity contribution in [3.63, 3.8) is 0 Å². The summed E-state index contributed by atoms with van der Waals surface area (Å²) in [5.41, 5.74) is 1.39. The quantitative estimate of drug-likeness (QED) is 0.276. The molecule has 0 radical (unpaired) electrons. The second-order valence-electron chi connectivity index (χ2n) is 9.51. The summed E-state index contributed by atoms with van der Waals surface area (Å²) in [5, 5.41) is 11.6. The number of nitrogens with one attached hydrogen (secondary N) is 1. The van der Waals surface area contributed by atoms with Crippen LogP contribution in [0.4, 0.5) is 4.79 Å². The molecule has 1 saturated heterocycles. The average Bonchev–Trinajstić information content (AvgIpc) is 3.64. The van der Waals surface area contributed by atoms with E-state index < -0.39 is 6.09 Å². The standard InChI is InChI=1S/C26H36ClN5O6S/c1-18(2)31-8-6-19(7-9-31)28-26(33)37-25-15-21(17-36-13-12-35-11-10-34-3)32(29-25)16-20-14-22(38-30-20)23-4-5-24(27)39-23/h4-5,14-15,18-19H,6-13,16-17H2,1-3H3,(H,28,33). The first-order valence-corrected chi connectivity index (χ1v) is 14.3. The Bertz CT molecular complexity index is 1170. The molecule has 4 heterocycles. The molecule has 3 aromatic rings. The van der Waals surface area contributed by atoms with Gasteiger partial charge in [-0.3, -0.25) is 4.68 Å². The number of hydrogen-bond donors (Lipinski definition) is 1. The minimum atomic E-state index is -0.514. The van der Waals surface area contributed by atoms with Crippen LogP contribution in [0.1, 0.15) is 38.1 Å². The fourth-order valence-electron chi connectivity index (χ4n) is 4.22. The van der Waals surface area contributed by atoms with E-state index in [2.05, 4.69) is 34.3 Å². The minimum Gasteiger partial charge on any atom is -0.390 e. The normalized spacial score (nSPS) is 14.8. The largest absolute Gasteiger partial charge is 0.414 e. The van der Waals surface area contributed by atoms with Crippen molar-refractivity contribution in [3.8, 4) is 16.5 Å². The second kappa shape index (κ2) is 14.8. The van der Waals surface area contributed by atoms with Crippen LogP contribution in [0.25, 0.3) is 10.6 Å². The van der Waals surface area contributed by atoms with Gasteiger partial charge in [0.2, 0.25) is 5.88 Å². The van der Waals surface area contributed by atoms with Gasteiger partial charge in [0, 0.05) is 44.4 Å². The van der Waals surface area contributed by atoms with E-state index in [-0.39, 0.29) is 18.5 Å². The molecule has 1 aliphatic heterocycles. The average molecular weight is 582 g/mol. The topological polar surface area (TPSA) is 113 Å². The van der Waals surface area contributed by atoms with Gasteiger partial charge in [0.05, 0.1) is 54.5 Å². The molecule has 0 aromatic carbocycles. The number of likely N-dealkylation sites (tertiary alicyclic amines) is 1. The van der Waals surface area contributed by atoms with Gasteiger partial charge in [-0.05, 0) is 38.8 Å². The van der Waals surface area contributed by atoms with E-state index >= 15 is 0 Å². The first-order valence-electron chi connectivity index (χ1n) is 13.1. The zero-order chi connectivity index (χ0) is 27.6. The van der Waals surface area contributed by atoms with Crippen molar-refractivity contribution in [2.75, 3.05) is 46.6 Å². The molecule has 0 unspecified atom stereocenters. The lowest BCUT2D eigenvalue weighted by Gasteiger charge is -2.34. The molecule has 11 nitrogen and oxygen atoms in total. The van der Waals surface area contributed by atoms with Gasteiger partial charge in [-0.1, -0.05) is 16.8 Å². The van der Waals surface area contributed by atoms with Crippen molar-refractivity contribution >= 4 is 29.0 Å². The number of rotatable bonds is 14. The first kappa shape index (κ1) is 29.5. The van der Waals surface area contributed by atoms with E-state index in [1.807, 2.05) is 18.2 Å². The SMILES string of the molecule is COCCOCCOCc1cc(OC(=O)NC2CCN(C(C)C)CC2)nn1Cc1cc(-c2ccc(Cl)s2)on1. The van der Waals surface area contributed by atoms with Crippen LogP contribution in [-0.2, 0) is 27.4 Å². The van der Waals surface area contributed by atoms with Crippen LogP contribution in [0.3, 0.4) is 0 Å². The lowest BCUT2D eigenvalue weighted by molar-refractivity contribution is 0.0185. The third kappa shape index (κ3) is 9.02. The van der Waals surface area contributed by atoms with E-state index in [1.165, 1.54) is 11.3 Å². The molecule has 3 aromatic heterocycles. The number of nitrogens with zero attached hydrogens (tertiary/aromatic N) is 4. The van der Waals surface area contributed by atoms with Crippen LogP contribution in [0.5, 0.6) is 5.88 Å². The van der Waals surface area contributed by atoms with Gasteiger partial charge in [0.1, 0.15) is 5.69 Å². The van der Waals surface area contributed by atoms with E-state index in [4.69, 9.17) is 35.1 Å². The van der Waals surface area contributed by atoms with Gasteiger partial charge >= 0.3 is 6.09 Å². The second-order valence-corrected chi connectivity index (χ2v) is 11.2. The zero-order valence-corrected chi connectivity index (χ0v) is 24.1. The Labute approximate surface area is 237 Å². The Hall–Kier alpha value is -2.48. The van der Waals surface area contributed by atoms with Gasteiger partial charge in [0.15, 0.2) is 5.76 Å². The molecule has 0 atom stereocenters. The zero-order valence-electron chi connectivity index (χ0n) is 22.6. The number of methoxy groups -OCH3 is 1. The predicted molar refractivity (Wildman–Crippen MR) is 147 cm³/mol. The number of hydrogen-bond acceptors (Lipinski definition) is 10. The highest BCUT2D eigenvalue weighted by molar-refractivity contribution is 7.19. The summed E-state index contributed by atoms with van der Waals surface area (Å²) >= 11 is 7.47. The summed E-state index contributed by atoms with van der Waals surface area (Å²) in [5.74, 6) is 0.815. The summed E-state index contributed by atoms with van der Waals surface area (Å²) in [6.07, 6.45) is 1.26. The Balaban J connectivity index is 1.36. The molecule has 39 heavy (non-hydrogen) atoms. The molecule has 0 saturated carbocycles. The third-order valence-electron chi connectivity index (χ3n) is 6.36. The van der Waals surface area contributed by atoms with Crippen molar-refractivity contribution in [1.29, 1.82) is 0 Å². The highest BCUT2D eigenvalue weighted by Crippen LogP contribution is 2.31. The van der Waals surface area contributed by atoms with Crippen molar-refractivity contribution in [2.24, 2.45) is 0 Å². The number of piperidine rings is 1. The maximum absolute atomic E-state index is 12.6. The smallest absolute Gasteiger partial charge is 0.390 e. The Morgan fingerprint density at radius 3 is 2.67 bits per heavy atom. The lowest BCUT2D eigenvalue weighted by Crippen LogP contribution is -2.47. The van der Waals surface area contributed by atoms with Crippen molar-refractivity contribution in [3.05, 3.63) is 40.0 Å². The number of carbonyl (C=O) groups is 1. The first-order chi connectivity index (χ1) is 18.9. The molecule has 1 N–H and O–H groups in total. The number of halogens is 1. The van der Waals surface area contributed by atoms with E-state index in [0.717, 1.165) is 36.5 Å². The molecule has 4 rings (SSSR count). The molecule has 13 heteroatoms. The molecule has 0 spiro atoms. The number of thiophene rings is 1. The van der Waals surface area contributed by atoms with Crippen molar-refractivity contribution < 1.29 is 28.3 Å². The fourth-order valence-corrected chi connectivity index (χ4v) is 5.22. The number of amides is 1. The molecule has 1 amide bonds. The Morgan fingerprint density at radius 2 is 1.95 bits per heavy atom. The van der Waals surface area contributed by atoms with Crippen LogP contribution in [0.15, 0.2) is 28.8 Å². The van der Waals surface area contributed by atoms with Crippen LogP contribution in [-0.4, -0.2) is 84.6 Å². The maximum atomic E-state index is 12.6. The summed E-state index contributed by atoms with van der Waals surface area (Å²) in [6, 6.07) is 7.82. The van der Waals surface area contributed by atoms with Crippen LogP contribution < -0.4 is 10.1 Å². The van der Waals surface area contributed by atoms with Gasteiger partial charge in [-0.2, -0.15) is 0 Å². The van der Waals surface area contributed by atoms with Gasteiger partial charge < -0.3 is 33.7 Å². The van der Waals surface area contributed by atoms with Crippen molar-refractivity contribution in [2.45, 2.75) is 51.9 Å². The summed E-state index contributed by atoms with van der Waals surface area (Å²) < 4.78 is 29.6. The van der Waals surface area contributed by atoms with E-state index in [1.54, 1.807) is 17.9 Å². The van der Waals surface area contributed by atoms with E-state index in [9.17, 15) is 4.79 Å². The molecular formula is C26H36ClN5O6S. The third-order valence-corrected chi connectivity index (χ3v) is 7.61. The summed E-state index contributed by atoms with van der Waals surface area (Å²) in [4.78, 5) is 15.9. The number of carbonyl (C=O) groups excluding carboxylic acids is 1. The van der Waals surface area contributed by atoms with Gasteiger partial charge in [-0.15, -0.1) is 16.4 Å². The lowest BCUT2D eigenvalue weighted by atomic mass is 10.0. The molecule has 0 aliphatic carbocycles. The van der Waals surface area contributed by atoms with Gasteiger partial charge in [-0.25, -0.2) is 4.79 Å². The minimum absolute atomic E-state index is 0.0785. The summed E-state index contributed by atoms with van der Waals surface area (Å²) in [7, 11) is 1.63. The predicted octanol–water partition coefficient (Wildman–Crippen LogP) is 4.44. The summed E-state index contributed by atoms with van der Waals surface area (Å²) in [6.45, 7) is 8.71. The van der Waals surface area contributed by atoms with Crippen LogP contribution in [0.2, 0.25) is 4.34 Å². The monoisotopic (exact) mass is 581 g/mol. The maximum Gasteiger partial charge on any atom is 0.414 e. The van der Waals surface area contributed by atoms with Crippen LogP contribution in [0, 0.1) is 0 Å².